The van der Waals surface area contributed by atoms with Gasteiger partial charge >= 0.3 is 5.97 Å². The average Bonchev–Trinajstić information content (AvgIpc) is 0.957. The van der Waals surface area contributed by atoms with Crippen molar-refractivity contribution in [3.05, 3.63) is 232 Å². The van der Waals surface area contributed by atoms with Crippen molar-refractivity contribution in [2.45, 2.75) is 60.0 Å². The molecule has 0 saturated carbocycles. The normalized spacial score (nSPS) is 16.8. The number of halogens is 5. The number of hydrogen-bond donors (Lipinski definition) is 3. The van der Waals surface area contributed by atoms with E-state index in [1.807, 2.05) is 26.0 Å². The molecule has 95 heavy (non-hydrogen) atoms. The van der Waals surface area contributed by atoms with E-state index in [1.165, 1.54) is 107 Å². The Balaban J connectivity index is 0.000000203. The van der Waals surface area contributed by atoms with Crippen molar-refractivity contribution in [1.29, 1.82) is 0 Å². The van der Waals surface area contributed by atoms with Crippen molar-refractivity contribution in [3.8, 4) is 0 Å². The highest BCUT2D eigenvalue weighted by Gasteiger charge is 2.44. The average molecular weight is 1380 g/mol. The third kappa shape index (κ3) is 20.1. The molecule has 0 aliphatic carbocycles. The van der Waals surface area contributed by atoms with Crippen LogP contribution in [0.25, 0.3) is 0 Å². The fourth-order valence-corrected chi connectivity index (χ4v) is 14.8. The third-order valence-electron chi connectivity index (χ3n) is 14.6. The van der Waals surface area contributed by atoms with Crippen molar-refractivity contribution in [1.82, 2.24) is 23.5 Å². The first-order valence-electron chi connectivity index (χ1n) is 30.3. The Labute approximate surface area is 550 Å². The van der Waals surface area contributed by atoms with Crippen LogP contribution in [0.4, 0.5) is 22.0 Å². The van der Waals surface area contributed by atoms with Crippen LogP contribution in [-0.4, -0.2) is 155 Å². The van der Waals surface area contributed by atoms with Gasteiger partial charge in [0, 0.05) is 57.0 Å². The molecule has 3 aliphatic heterocycles. The first-order valence-corrected chi connectivity index (χ1v) is 34.6. The molecule has 0 bridgehead atoms. The van der Waals surface area contributed by atoms with Gasteiger partial charge < -0.3 is 40.1 Å². The minimum atomic E-state index is -4.16. The Morgan fingerprint density at radius 3 is 1.14 bits per heavy atom. The number of ether oxygens (including phenoxy) is 5. The molecule has 0 aromatic heterocycles. The highest BCUT2D eigenvalue weighted by molar-refractivity contribution is 7.89. The van der Waals surface area contributed by atoms with Gasteiger partial charge in [0.15, 0.2) is 0 Å². The minimum Gasteiger partial charge on any atom is -0.463 e. The van der Waals surface area contributed by atoms with Crippen LogP contribution in [0.3, 0.4) is 0 Å². The van der Waals surface area contributed by atoms with Gasteiger partial charge in [-0.05, 0) is 116 Å². The number of nitrogens with two attached hydrogens (primary N) is 1. The first kappa shape index (κ1) is 74.5. The Hall–Kier alpha value is -7.87. The number of carbonyl (C=O) groups excluding carboxylic acids is 3. The van der Waals surface area contributed by atoms with E-state index < -0.39 is 95.1 Å². The SMILES string of the molecule is CCCOCCOCCNC(=O)C1=CCN(S(=O)(=O)c2cccc(F)c2)C1c1ccc(F)cc1.CCOC(=O)C1=CCN(S(=O)(=O)c2cccc(F)c2)C1c1ccc(C)cc1.NCCOCCOCCNC(=O)C1=CCN(S(=O)(=O)c2cccc(F)c2)C1c1ccc(F)cc1. The van der Waals surface area contributed by atoms with Gasteiger partial charge in [-0.2, -0.15) is 12.9 Å². The van der Waals surface area contributed by atoms with E-state index in [2.05, 4.69) is 10.6 Å². The van der Waals surface area contributed by atoms with Gasteiger partial charge in [0.2, 0.25) is 41.9 Å². The van der Waals surface area contributed by atoms with Crippen LogP contribution in [0.15, 0.2) is 195 Å². The topological polar surface area (TPSA) is 260 Å². The Morgan fingerprint density at radius 1 is 0.453 bits per heavy atom. The number of sulfonamides is 3. The maximum Gasteiger partial charge on any atom is 0.335 e. The van der Waals surface area contributed by atoms with E-state index in [-0.39, 0.29) is 84.0 Å². The minimum absolute atomic E-state index is 0.00549. The summed E-state index contributed by atoms with van der Waals surface area (Å²) in [5.74, 6) is -4.50. The molecule has 2 amide bonds. The van der Waals surface area contributed by atoms with Crippen LogP contribution in [0, 0.1) is 36.0 Å². The number of benzene rings is 6. The molecule has 3 atom stereocenters. The first-order chi connectivity index (χ1) is 45.5. The predicted octanol–water partition coefficient (Wildman–Crippen LogP) is 8.31. The molecular weight excluding hydrogens is 1300 g/mol. The summed E-state index contributed by atoms with van der Waals surface area (Å²) in [4.78, 5) is 37.6. The summed E-state index contributed by atoms with van der Waals surface area (Å²) in [5, 5.41) is 5.44. The number of rotatable bonds is 29. The number of esters is 1. The molecule has 0 radical (unpaired) electrons. The van der Waals surface area contributed by atoms with E-state index in [1.54, 1.807) is 25.1 Å². The van der Waals surface area contributed by atoms with E-state index in [4.69, 9.17) is 29.4 Å². The number of aryl methyl sites for hydroxylation is 1. The second-order valence-corrected chi connectivity index (χ2v) is 26.9. The lowest BCUT2D eigenvalue weighted by Gasteiger charge is -2.27. The molecule has 0 saturated heterocycles. The predicted molar refractivity (Wildman–Crippen MR) is 343 cm³/mol. The van der Waals surface area contributed by atoms with Gasteiger partial charge in [0.25, 0.3) is 0 Å². The maximum absolute atomic E-state index is 13.7. The van der Waals surface area contributed by atoms with Crippen LogP contribution in [-0.2, 0) is 68.1 Å². The maximum atomic E-state index is 13.7. The third-order valence-corrected chi connectivity index (χ3v) is 20.1. The molecule has 6 aromatic rings. The molecule has 3 aliphatic rings. The molecule has 0 spiro atoms. The Kier molecular flexibility index (Phi) is 28.0. The lowest BCUT2D eigenvalue weighted by molar-refractivity contribution is -0.139. The summed E-state index contributed by atoms with van der Waals surface area (Å²) < 4.78 is 177. The summed E-state index contributed by atoms with van der Waals surface area (Å²) in [6, 6.07) is 29.1. The smallest absolute Gasteiger partial charge is 0.335 e. The summed E-state index contributed by atoms with van der Waals surface area (Å²) in [7, 11) is -12.3. The van der Waals surface area contributed by atoms with Crippen molar-refractivity contribution >= 4 is 47.9 Å². The molecule has 3 heterocycles. The zero-order valence-corrected chi connectivity index (χ0v) is 54.8. The standard InChI is InChI=1S/C24H28F2N2O5S.C23H27F2N3O5S.C20H20FNO4S/c1-2-13-32-15-16-33-14-11-27-24(29)22-10-12-28(23(22)18-6-8-19(25)9-7-18)34(30,31)21-5-3-4-20(26)17-21;24-18-6-4-17(5-7-18)22-21(23(29)27-10-13-33-15-14-32-12-9-26)8-11-28(22)34(30,31)20-3-1-2-19(25)16-20;1-3-26-20(23)18-11-12-22(19(18)15-9-7-14(2)8-10-15)27(24,25)17-6-4-5-16(21)13-17/h3-10,17,23H,2,11-16H2,1H3,(H,27,29);1-8,16,22H,9-15,26H2,(H,27,29);4-11,13,19H,3,12H2,1-2H3. The van der Waals surface area contributed by atoms with Crippen molar-refractivity contribution < 1.29 is 85.3 Å². The van der Waals surface area contributed by atoms with Gasteiger partial charge in [-0.25, -0.2) is 52.0 Å². The summed E-state index contributed by atoms with van der Waals surface area (Å²) in [6.07, 6.45) is 5.49. The van der Waals surface area contributed by atoms with Crippen LogP contribution < -0.4 is 16.4 Å². The number of carbonyl (C=O) groups is 3. The lowest BCUT2D eigenvalue weighted by atomic mass is 10.00. The second kappa shape index (κ2) is 35.8. The largest absolute Gasteiger partial charge is 0.463 e. The van der Waals surface area contributed by atoms with Crippen molar-refractivity contribution in [3.63, 3.8) is 0 Å². The van der Waals surface area contributed by atoms with Crippen molar-refractivity contribution in [2.24, 2.45) is 5.73 Å². The second-order valence-electron chi connectivity index (χ2n) is 21.3. The quantitative estimate of drug-likeness (QED) is 0.0227. The molecule has 510 valence electrons. The van der Waals surface area contributed by atoms with Gasteiger partial charge in [0.05, 0.1) is 91.2 Å². The van der Waals surface area contributed by atoms with Gasteiger partial charge in [-0.15, -0.1) is 0 Å². The Bertz CT molecular complexity index is 3840. The summed E-state index contributed by atoms with van der Waals surface area (Å²) >= 11 is 0. The van der Waals surface area contributed by atoms with E-state index >= 15 is 0 Å². The Morgan fingerprint density at radius 2 is 0.789 bits per heavy atom. The van der Waals surface area contributed by atoms with E-state index in [0.717, 1.165) is 50.9 Å². The molecule has 0 fully saturated rings. The monoisotopic (exact) mass is 1380 g/mol. The van der Waals surface area contributed by atoms with Crippen LogP contribution in [0.1, 0.15) is 60.6 Å². The number of hydrogen-bond acceptors (Lipinski definition) is 15. The molecule has 28 heteroatoms. The van der Waals surface area contributed by atoms with Crippen LogP contribution >= 0.6 is 0 Å². The van der Waals surface area contributed by atoms with E-state index in [9.17, 15) is 61.6 Å². The number of nitrogens with one attached hydrogen (secondary N) is 2. The molecule has 9 rings (SSSR count). The summed E-state index contributed by atoms with van der Waals surface area (Å²) in [6.45, 7) is 9.65. The summed E-state index contributed by atoms with van der Waals surface area (Å²) in [5.41, 5.74) is 8.48. The highest BCUT2D eigenvalue weighted by atomic mass is 32.2. The number of amides is 2. The molecule has 6 aromatic carbocycles. The molecular formula is C67H75F5N6O14S3. The number of nitrogens with zero attached hydrogens (tertiary/aromatic N) is 3. The lowest BCUT2D eigenvalue weighted by Crippen LogP contribution is -2.36. The zero-order valence-electron chi connectivity index (χ0n) is 52.4. The van der Waals surface area contributed by atoms with Crippen LogP contribution in [0.5, 0.6) is 0 Å². The zero-order chi connectivity index (χ0) is 68.7. The van der Waals surface area contributed by atoms with E-state index in [0.29, 0.717) is 62.9 Å². The molecule has 20 nitrogen and oxygen atoms in total. The molecule has 3 unspecified atom stereocenters. The van der Waals surface area contributed by atoms with Crippen LogP contribution in [0.2, 0.25) is 0 Å². The van der Waals surface area contributed by atoms with Gasteiger partial charge in [0.1, 0.15) is 29.1 Å². The fraction of sp³-hybridized carbons (Fsp3) is 0.328. The van der Waals surface area contributed by atoms with Crippen molar-refractivity contribution in [2.75, 3.05) is 98.7 Å². The van der Waals surface area contributed by atoms with Gasteiger partial charge in [-0.3, -0.25) is 9.59 Å². The fourth-order valence-electron chi connectivity index (χ4n) is 10.1. The molecule has 4 N–H and O–H groups in total. The highest BCUT2D eigenvalue weighted by Crippen LogP contribution is 2.41. The van der Waals surface area contributed by atoms with Gasteiger partial charge in [-0.1, -0.05) is 97.4 Å².